The van der Waals surface area contributed by atoms with Gasteiger partial charge in [-0.15, -0.1) is 0 Å². The molecule has 0 unspecified atom stereocenters. The standard InChI is InChI=1S/C23H23ClN2O2/c1-17(28-22-11-6-18-4-2-3-5-19(18)16-22)23(27)26-14-12-25(13-15-26)21-9-7-20(24)8-10-21/h2-11,16-17H,12-15H2,1H3/t17-/m0/s1. The molecule has 4 nitrogen and oxygen atoms in total. The van der Waals surface area contributed by atoms with Crippen LogP contribution in [0.4, 0.5) is 5.69 Å². The first-order chi connectivity index (χ1) is 13.6. The molecule has 3 aromatic carbocycles. The van der Waals surface area contributed by atoms with Crippen molar-refractivity contribution < 1.29 is 9.53 Å². The van der Waals surface area contributed by atoms with Gasteiger partial charge in [0.15, 0.2) is 6.10 Å². The molecular formula is C23H23ClN2O2. The smallest absolute Gasteiger partial charge is 0.263 e. The molecule has 1 heterocycles. The van der Waals surface area contributed by atoms with E-state index < -0.39 is 6.10 Å². The van der Waals surface area contributed by atoms with E-state index in [1.807, 2.05) is 72.5 Å². The molecule has 0 aromatic heterocycles. The minimum atomic E-state index is -0.511. The number of rotatable bonds is 4. The summed E-state index contributed by atoms with van der Waals surface area (Å²) in [5.74, 6) is 0.753. The highest BCUT2D eigenvalue weighted by Gasteiger charge is 2.26. The van der Waals surface area contributed by atoms with Crippen LogP contribution in [0.2, 0.25) is 5.02 Å². The van der Waals surface area contributed by atoms with Crippen molar-refractivity contribution >= 4 is 34.0 Å². The highest BCUT2D eigenvalue weighted by molar-refractivity contribution is 6.30. The Labute approximate surface area is 170 Å². The van der Waals surface area contributed by atoms with Gasteiger partial charge in [0.1, 0.15) is 5.75 Å². The monoisotopic (exact) mass is 394 g/mol. The molecule has 1 fully saturated rings. The molecule has 28 heavy (non-hydrogen) atoms. The molecule has 1 amide bonds. The van der Waals surface area contributed by atoms with E-state index in [0.717, 1.165) is 40.3 Å². The Balaban J connectivity index is 1.35. The number of amides is 1. The first kappa shape index (κ1) is 18.6. The van der Waals surface area contributed by atoms with Crippen LogP contribution < -0.4 is 9.64 Å². The summed E-state index contributed by atoms with van der Waals surface area (Å²) in [4.78, 5) is 17.0. The van der Waals surface area contributed by atoms with E-state index in [1.54, 1.807) is 0 Å². The number of carbonyl (C=O) groups is 1. The lowest BCUT2D eigenvalue weighted by Gasteiger charge is -2.37. The van der Waals surface area contributed by atoms with E-state index in [2.05, 4.69) is 11.0 Å². The molecule has 0 bridgehead atoms. The van der Waals surface area contributed by atoms with Crippen LogP contribution in [0.5, 0.6) is 5.75 Å². The summed E-state index contributed by atoms with van der Waals surface area (Å²) in [5.41, 5.74) is 1.14. The van der Waals surface area contributed by atoms with Gasteiger partial charge in [0.25, 0.3) is 5.91 Å². The van der Waals surface area contributed by atoms with Crippen LogP contribution in [-0.4, -0.2) is 43.1 Å². The second-order valence-electron chi connectivity index (χ2n) is 7.06. The molecule has 1 aliphatic heterocycles. The van der Waals surface area contributed by atoms with Crippen LogP contribution in [0.1, 0.15) is 6.92 Å². The first-order valence-electron chi connectivity index (χ1n) is 9.55. The van der Waals surface area contributed by atoms with Gasteiger partial charge in [-0.25, -0.2) is 0 Å². The second kappa shape index (κ2) is 8.11. The summed E-state index contributed by atoms with van der Waals surface area (Å²) in [6.07, 6.45) is -0.511. The van der Waals surface area contributed by atoms with Crippen molar-refractivity contribution in [2.75, 3.05) is 31.1 Å². The highest BCUT2D eigenvalue weighted by Crippen LogP contribution is 2.23. The maximum Gasteiger partial charge on any atom is 0.263 e. The van der Waals surface area contributed by atoms with Gasteiger partial charge < -0.3 is 14.5 Å². The SMILES string of the molecule is C[C@H](Oc1ccc2ccccc2c1)C(=O)N1CCN(c2ccc(Cl)cc2)CC1. The van der Waals surface area contributed by atoms with E-state index in [1.165, 1.54) is 0 Å². The number of anilines is 1. The third kappa shape index (κ3) is 4.07. The lowest BCUT2D eigenvalue weighted by atomic mass is 10.1. The van der Waals surface area contributed by atoms with Crippen molar-refractivity contribution in [1.82, 2.24) is 4.90 Å². The third-order valence-electron chi connectivity index (χ3n) is 5.16. The molecule has 0 aliphatic carbocycles. The summed E-state index contributed by atoms with van der Waals surface area (Å²) >= 11 is 5.96. The van der Waals surface area contributed by atoms with Crippen LogP contribution in [0.3, 0.4) is 0 Å². The Kier molecular flexibility index (Phi) is 5.40. The predicted molar refractivity (Wildman–Crippen MR) is 114 cm³/mol. The summed E-state index contributed by atoms with van der Waals surface area (Å²) in [6, 6.07) is 21.9. The molecule has 0 N–H and O–H groups in total. The Bertz CT molecular complexity index is 966. The number of carbonyl (C=O) groups excluding carboxylic acids is 1. The number of hydrogen-bond acceptors (Lipinski definition) is 3. The van der Waals surface area contributed by atoms with Crippen molar-refractivity contribution in [3.8, 4) is 5.75 Å². The second-order valence-corrected chi connectivity index (χ2v) is 7.49. The molecule has 5 heteroatoms. The average Bonchev–Trinajstić information content (AvgIpc) is 2.74. The minimum absolute atomic E-state index is 0.0314. The number of nitrogens with zero attached hydrogens (tertiary/aromatic N) is 2. The van der Waals surface area contributed by atoms with Gasteiger partial charge in [0.05, 0.1) is 0 Å². The molecule has 4 rings (SSSR count). The molecular weight excluding hydrogens is 372 g/mol. The zero-order chi connectivity index (χ0) is 19.5. The van der Waals surface area contributed by atoms with Gasteiger partial charge in [0.2, 0.25) is 0 Å². The molecule has 3 aromatic rings. The zero-order valence-corrected chi connectivity index (χ0v) is 16.6. The Morgan fingerprint density at radius 2 is 1.61 bits per heavy atom. The Morgan fingerprint density at radius 1 is 0.929 bits per heavy atom. The zero-order valence-electron chi connectivity index (χ0n) is 15.8. The van der Waals surface area contributed by atoms with Gasteiger partial charge in [-0.05, 0) is 54.1 Å². The summed E-state index contributed by atoms with van der Waals surface area (Å²) in [7, 11) is 0. The maximum atomic E-state index is 12.8. The van der Waals surface area contributed by atoms with Crippen LogP contribution in [0.25, 0.3) is 10.8 Å². The predicted octanol–water partition coefficient (Wildman–Crippen LogP) is 4.61. The molecule has 0 saturated carbocycles. The van der Waals surface area contributed by atoms with E-state index >= 15 is 0 Å². The lowest BCUT2D eigenvalue weighted by Crippen LogP contribution is -2.52. The Hall–Kier alpha value is -2.72. The van der Waals surface area contributed by atoms with Gasteiger partial charge in [-0.2, -0.15) is 0 Å². The van der Waals surface area contributed by atoms with Crippen LogP contribution in [0, 0.1) is 0 Å². The third-order valence-corrected chi connectivity index (χ3v) is 5.42. The molecule has 0 radical (unpaired) electrons. The summed E-state index contributed by atoms with van der Waals surface area (Å²) in [5, 5.41) is 3.00. The topological polar surface area (TPSA) is 32.8 Å². The van der Waals surface area contributed by atoms with Crippen LogP contribution >= 0.6 is 11.6 Å². The molecule has 0 spiro atoms. The maximum absolute atomic E-state index is 12.8. The molecule has 1 saturated heterocycles. The summed E-state index contributed by atoms with van der Waals surface area (Å²) in [6.45, 7) is 4.80. The normalized spacial score (nSPS) is 15.5. The van der Waals surface area contributed by atoms with Crippen molar-refractivity contribution in [1.29, 1.82) is 0 Å². The van der Waals surface area contributed by atoms with Gasteiger partial charge in [0, 0.05) is 36.9 Å². The number of piperazine rings is 1. The molecule has 1 aliphatic rings. The minimum Gasteiger partial charge on any atom is -0.481 e. The van der Waals surface area contributed by atoms with E-state index in [9.17, 15) is 4.79 Å². The van der Waals surface area contributed by atoms with E-state index in [0.29, 0.717) is 13.1 Å². The van der Waals surface area contributed by atoms with Crippen molar-refractivity contribution in [3.05, 3.63) is 71.8 Å². The lowest BCUT2D eigenvalue weighted by molar-refractivity contribution is -0.138. The number of fused-ring (bicyclic) bond motifs is 1. The quantitative estimate of drug-likeness (QED) is 0.647. The highest BCUT2D eigenvalue weighted by atomic mass is 35.5. The fourth-order valence-electron chi connectivity index (χ4n) is 3.59. The number of halogens is 1. The van der Waals surface area contributed by atoms with Crippen molar-refractivity contribution in [2.24, 2.45) is 0 Å². The Morgan fingerprint density at radius 3 is 2.32 bits per heavy atom. The van der Waals surface area contributed by atoms with E-state index in [-0.39, 0.29) is 5.91 Å². The molecule has 1 atom stereocenters. The number of benzene rings is 3. The van der Waals surface area contributed by atoms with Crippen LogP contribution in [0.15, 0.2) is 66.7 Å². The number of ether oxygens (including phenoxy) is 1. The fraction of sp³-hybridized carbons (Fsp3) is 0.261. The summed E-state index contributed by atoms with van der Waals surface area (Å²) < 4.78 is 5.94. The van der Waals surface area contributed by atoms with Crippen molar-refractivity contribution in [2.45, 2.75) is 13.0 Å². The van der Waals surface area contributed by atoms with Crippen LogP contribution in [-0.2, 0) is 4.79 Å². The largest absolute Gasteiger partial charge is 0.481 e. The fourth-order valence-corrected chi connectivity index (χ4v) is 3.72. The van der Waals surface area contributed by atoms with Gasteiger partial charge >= 0.3 is 0 Å². The number of hydrogen-bond donors (Lipinski definition) is 0. The average molecular weight is 395 g/mol. The van der Waals surface area contributed by atoms with E-state index in [4.69, 9.17) is 16.3 Å². The van der Waals surface area contributed by atoms with Crippen molar-refractivity contribution in [3.63, 3.8) is 0 Å². The molecule has 144 valence electrons. The first-order valence-corrected chi connectivity index (χ1v) is 9.93. The van der Waals surface area contributed by atoms with Gasteiger partial charge in [-0.1, -0.05) is 41.9 Å². The van der Waals surface area contributed by atoms with Gasteiger partial charge in [-0.3, -0.25) is 4.79 Å².